The summed E-state index contributed by atoms with van der Waals surface area (Å²) in [6.07, 6.45) is 0. The molecule has 0 unspecified atom stereocenters. The standard InChI is InChI=1S/C19H11Cl5N2O5/c1-8-6-9(26(28)29)2-4-11(8)25-19(27)12-5-3-10(31-12)7-30-18-16(23)14(21)13(20)15(22)17(18)24/h2-6H,7H2,1H3,(H,25,27). The highest BCUT2D eigenvalue weighted by atomic mass is 35.5. The topological polar surface area (TPSA) is 94.6 Å². The molecule has 0 aliphatic heterocycles. The molecule has 0 spiro atoms. The van der Waals surface area contributed by atoms with Crippen LogP contribution >= 0.6 is 58.0 Å². The average molecular weight is 525 g/mol. The Morgan fingerprint density at radius 2 is 1.65 bits per heavy atom. The lowest BCUT2D eigenvalue weighted by atomic mass is 10.2. The van der Waals surface area contributed by atoms with Gasteiger partial charge in [0.25, 0.3) is 11.6 Å². The van der Waals surface area contributed by atoms with Crippen LogP contribution in [-0.4, -0.2) is 10.8 Å². The highest BCUT2D eigenvalue weighted by molar-refractivity contribution is 6.55. The molecule has 0 fully saturated rings. The van der Waals surface area contributed by atoms with Gasteiger partial charge >= 0.3 is 0 Å². The number of carbonyl (C=O) groups excluding carboxylic acids is 1. The van der Waals surface area contributed by atoms with Crippen LogP contribution in [0.5, 0.6) is 5.75 Å². The van der Waals surface area contributed by atoms with E-state index in [9.17, 15) is 14.9 Å². The van der Waals surface area contributed by atoms with E-state index in [0.29, 0.717) is 17.0 Å². The minimum absolute atomic E-state index is 0.000664. The van der Waals surface area contributed by atoms with Crippen LogP contribution in [0.1, 0.15) is 21.9 Å². The minimum Gasteiger partial charge on any atom is -0.482 e. The number of furan rings is 1. The average Bonchev–Trinajstić information content (AvgIpc) is 3.21. The summed E-state index contributed by atoms with van der Waals surface area (Å²) in [5, 5.41) is 13.4. The van der Waals surface area contributed by atoms with E-state index in [1.165, 1.54) is 30.3 Å². The number of nitro benzene ring substituents is 1. The Bertz CT molecular complexity index is 1170. The van der Waals surface area contributed by atoms with Gasteiger partial charge in [-0.05, 0) is 30.7 Å². The zero-order chi connectivity index (χ0) is 22.9. The highest BCUT2D eigenvalue weighted by Gasteiger charge is 2.21. The number of hydrogen-bond acceptors (Lipinski definition) is 5. The lowest BCUT2D eigenvalue weighted by molar-refractivity contribution is -0.384. The van der Waals surface area contributed by atoms with Crippen LogP contribution < -0.4 is 10.1 Å². The number of amides is 1. The van der Waals surface area contributed by atoms with Crippen LogP contribution in [0.2, 0.25) is 25.1 Å². The Hall–Kier alpha value is -2.16. The number of aryl methyl sites for hydroxylation is 1. The predicted molar refractivity (Wildman–Crippen MR) is 120 cm³/mol. The van der Waals surface area contributed by atoms with Gasteiger partial charge in [0.1, 0.15) is 22.4 Å². The summed E-state index contributed by atoms with van der Waals surface area (Å²) >= 11 is 30.2. The number of nitrogens with one attached hydrogen (secondary N) is 1. The van der Waals surface area contributed by atoms with Crippen molar-refractivity contribution in [2.24, 2.45) is 0 Å². The Kier molecular flexibility index (Phi) is 7.24. The number of ether oxygens (including phenoxy) is 1. The second kappa shape index (κ2) is 9.54. The molecule has 162 valence electrons. The largest absolute Gasteiger partial charge is 0.482 e. The Balaban J connectivity index is 1.71. The van der Waals surface area contributed by atoms with Crippen LogP contribution in [0.4, 0.5) is 11.4 Å². The smallest absolute Gasteiger partial charge is 0.291 e. The van der Waals surface area contributed by atoms with Crippen LogP contribution in [0, 0.1) is 17.0 Å². The number of hydrogen-bond donors (Lipinski definition) is 1. The minimum atomic E-state index is -0.545. The Morgan fingerprint density at radius 3 is 2.23 bits per heavy atom. The molecule has 0 bridgehead atoms. The molecule has 12 heteroatoms. The summed E-state index contributed by atoms with van der Waals surface area (Å²) in [6.45, 7) is 1.51. The van der Waals surface area contributed by atoms with Crippen LogP contribution in [-0.2, 0) is 6.61 Å². The molecule has 0 radical (unpaired) electrons. The number of benzene rings is 2. The Labute approximate surface area is 200 Å². The maximum Gasteiger partial charge on any atom is 0.291 e. The van der Waals surface area contributed by atoms with Crippen molar-refractivity contribution in [2.75, 3.05) is 5.32 Å². The van der Waals surface area contributed by atoms with Crippen molar-refractivity contribution in [3.63, 3.8) is 0 Å². The maximum absolute atomic E-state index is 12.4. The zero-order valence-electron chi connectivity index (χ0n) is 15.5. The van der Waals surface area contributed by atoms with E-state index in [4.69, 9.17) is 67.2 Å². The van der Waals surface area contributed by atoms with E-state index in [1.807, 2.05) is 0 Å². The van der Waals surface area contributed by atoms with Gasteiger partial charge in [0.2, 0.25) is 0 Å². The quantitative estimate of drug-likeness (QED) is 0.155. The van der Waals surface area contributed by atoms with Gasteiger partial charge in [-0.25, -0.2) is 0 Å². The number of rotatable bonds is 6. The summed E-state index contributed by atoms with van der Waals surface area (Å²) in [7, 11) is 0. The van der Waals surface area contributed by atoms with Gasteiger partial charge in [-0.1, -0.05) is 58.0 Å². The SMILES string of the molecule is Cc1cc([N+](=O)[O-])ccc1NC(=O)c1ccc(COc2c(Cl)c(Cl)c(Cl)c(Cl)c2Cl)o1. The predicted octanol–water partition coefficient (Wildman–Crippen LogP) is 7.59. The maximum atomic E-state index is 12.4. The molecule has 1 amide bonds. The first-order chi connectivity index (χ1) is 14.6. The molecule has 3 rings (SSSR count). The zero-order valence-corrected chi connectivity index (χ0v) is 19.3. The summed E-state index contributed by atoms with van der Waals surface area (Å²) in [5.41, 5.74) is 0.861. The fourth-order valence-electron chi connectivity index (χ4n) is 2.52. The third kappa shape index (κ3) is 5.02. The van der Waals surface area contributed by atoms with Crippen molar-refractivity contribution in [3.05, 3.63) is 82.6 Å². The van der Waals surface area contributed by atoms with Crippen molar-refractivity contribution in [1.82, 2.24) is 0 Å². The van der Waals surface area contributed by atoms with Crippen molar-refractivity contribution >= 4 is 75.3 Å². The molecule has 1 N–H and O–H groups in total. The van der Waals surface area contributed by atoms with Crippen molar-refractivity contribution in [3.8, 4) is 5.75 Å². The molecular weight excluding hydrogens is 513 g/mol. The number of halogens is 5. The third-order valence-corrected chi connectivity index (χ3v) is 6.32. The summed E-state index contributed by atoms with van der Waals surface area (Å²) in [4.78, 5) is 22.7. The van der Waals surface area contributed by atoms with Gasteiger partial charge in [-0.3, -0.25) is 14.9 Å². The van der Waals surface area contributed by atoms with E-state index in [-0.39, 0.29) is 48.9 Å². The van der Waals surface area contributed by atoms with Crippen molar-refractivity contribution < 1.29 is 18.9 Å². The molecule has 0 saturated carbocycles. The fourth-order valence-corrected chi connectivity index (χ4v) is 3.75. The normalized spacial score (nSPS) is 10.8. The van der Waals surface area contributed by atoms with Gasteiger partial charge in [0, 0.05) is 17.8 Å². The lowest BCUT2D eigenvalue weighted by Crippen LogP contribution is -2.12. The van der Waals surface area contributed by atoms with Crippen LogP contribution in [0.25, 0.3) is 0 Å². The molecule has 2 aromatic carbocycles. The summed E-state index contributed by atoms with van der Waals surface area (Å²) in [6, 6.07) is 7.06. The second-order valence-corrected chi connectivity index (χ2v) is 8.05. The number of nitro groups is 1. The van der Waals surface area contributed by atoms with Gasteiger partial charge in [-0.2, -0.15) is 0 Å². The number of non-ortho nitro benzene ring substituents is 1. The van der Waals surface area contributed by atoms with E-state index < -0.39 is 10.8 Å². The highest BCUT2D eigenvalue weighted by Crippen LogP contribution is 2.48. The molecule has 0 aliphatic carbocycles. The monoisotopic (exact) mass is 522 g/mol. The molecule has 1 aromatic heterocycles. The number of carbonyl (C=O) groups is 1. The molecule has 31 heavy (non-hydrogen) atoms. The third-order valence-electron chi connectivity index (χ3n) is 4.08. The summed E-state index contributed by atoms with van der Waals surface area (Å²) < 4.78 is 11.0. The summed E-state index contributed by atoms with van der Waals surface area (Å²) in [5.74, 6) is -0.232. The molecule has 7 nitrogen and oxygen atoms in total. The van der Waals surface area contributed by atoms with E-state index in [2.05, 4.69) is 5.32 Å². The van der Waals surface area contributed by atoms with Crippen LogP contribution in [0.15, 0.2) is 34.7 Å². The van der Waals surface area contributed by atoms with Gasteiger partial charge in [0.05, 0.1) is 20.0 Å². The van der Waals surface area contributed by atoms with Crippen molar-refractivity contribution in [2.45, 2.75) is 13.5 Å². The molecule has 0 saturated heterocycles. The second-order valence-electron chi connectivity index (χ2n) is 6.16. The van der Waals surface area contributed by atoms with E-state index in [0.717, 1.165) is 0 Å². The fraction of sp³-hybridized carbons (Fsp3) is 0.105. The van der Waals surface area contributed by atoms with Gasteiger partial charge in [0.15, 0.2) is 11.5 Å². The molecular formula is C19H11Cl5N2O5. The Morgan fingerprint density at radius 1 is 1.03 bits per heavy atom. The molecule has 3 aromatic rings. The van der Waals surface area contributed by atoms with Gasteiger partial charge < -0.3 is 14.5 Å². The first kappa shape index (κ1) is 23.5. The van der Waals surface area contributed by atoms with E-state index >= 15 is 0 Å². The van der Waals surface area contributed by atoms with Crippen LogP contribution in [0.3, 0.4) is 0 Å². The van der Waals surface area contributed by atoms with Crippen molar-refractivity contribution in [1.29, 1.82) is 0 Å². The number of anilines is 1. The van der Waals surface area contributed by atoms with E-state index in [1.54, 1.807) is 6.92 Å². The first-order valence-electron chi connectivity index (χ1n) is 8.39. The van der Waals surface area contributed by atoms with Gasteiger partial charge in [-0.15, -0.1) is 0 Å². The molecule has 0 aliphatic rings. The molecule has 1 heterocycles. The lowest BCUT2D eigenvalue weighted by Gasteiger charge is -2.12. The number of nitrogens with zero attached hydrogens (tertiary/aromatic N) is 1. The first-order valence-corrected chi connectivity index (χ1v) is 10.3. The molecule has 0 atom stereocenters.